The van der Waals surface area contributed by atoms with Crippen molar-refractivity contribution in [3.63, 3.8) is 0 Å². The summed E-state index contributed by atoms with van der Waals surface area (Å²) in [5.74, 6) is 1.47. The highest BCUT2D eigenvalue weighted by Gasteiger charge is 2.22. The van der Waals surface area contributed by atoms with Crippen molar-refractivity contribution in [3.8, 4) is 16.9 Å². The largest absolute Gasteiger partial charge is 0.456 e. The lowest BCUT2D eigenvalue weighted by Gasteiger charge is -2.27. The van der Waals surface area contributed by atoms with Gasteiger partial charge in [-0.15, -0.1) is 0 Å². The van der Waals surface area contributed by atoms with Gasteiger partial charge < -0.3 is 14.5 Å². The van der Waals surface area contributed by atoms with Gasteiger partial charge >= 0.3 is 0 Å². The van der Waals surface area contributed by atoms with Crippen LogP contribution in [0.5, 0.6) is 5.75 Å². The highest BCUT2D eigenvalue weighted by atomic mass is 16.5. The van der Waals surface area contributed by atoms with Crippen molar-refractivity contribution >= 4 is 28.3 Å². The molecule has 3 heteroatoms. The summed E-state index contributed by atoms with van der Waals surface area (Å²) in [6.45, 7) is 8.67. The molecule has 5 aromatic carbocycles. The molecule has 0 radical (unpaired) electrons. The molecular weight excluding hydrogens is 548 g/mol. The Morgan fingerprint density at radius 1 is 0.533 bits per heavy atom. The third kappa shape index (κ3) is 5.67. The number of nitrogens with zero attached hydrogens (tertiary/aromatic N) is 2. The number of hydrogen-bond acceptors (Lipinski definition) is 3. The molecule has 5 aromatic rings. The molecule has 2 aliphatic rings. The first-order valence-electron chi connectivity index (χ1n) is 15.0. The topological polar surface area (TPSA) is 15.7 Å². The van der Waals surface area contributed by atoms with Crippen LogP contribution in [-0.2, 0) is 0 Å². The van der Waals surface area contributed by atoms with Crippen molar-refractivity contribution in [3.05, 3.63) is 206 Å². The van der Waals surface area contributed by atoms with E-state index in [9.17, 15) is 0 Å². The molecule has 2 aliphatic heterocycles. The molecule has 3 nitrogen and oxygen atoms in total. The standard InChI is InChI=1S/C42H32N2O/c1-31-32(2)41-23-13-29-43(28-12-21-39(31)40-20-9-10-22-42(40)45-41)37-18-11-19-38(30-37)44(35-16-7-4-8-17-35)36-26-24-34(25-27-36)33-14-5-3-6-15-33/h3-30H,1-2H2. The summed E-state index contributed by atoms with van der Waals surface area (Å²) < 4.78 is 6.33. The Hall–Kier alpha value is -6.06. The van der Waals surface area contributed by atoms with Crippen LogP contribution in [0, 0.1) is 0 Å². The highest BCUT2D eigenvalue weighted by molar-refractivity contribution is 5.89. The average Bonchev–Trinajstić information content (AvgIpc) is 3.20. The zero-order valence-electron chi connectivity index (χ0n) is 24.9. The average molecular weight is 581 g/mol. The highest BCUT2D eigenvalue weighted by Crippen LogP contribution is 2.41. The molecule has 0 aliphatic carbocycles. The third-order valence-electron chi connectivity index (χ3n) is 8.02. The van der Waals surface area contributed by atoms with Gasteiger partial charge in [-0.05, 0) is 89.0 Å². The second-order valence-electron chi connectivity index (χ2n) is 10.9. The first-order chi connectivity index (χ1) is 22.2. The van der Waals surface area contributed by atoms with Gasteiger partial charge in [0.25, 0.3) is 0 Å². The van der Waals surface area contributed by atoms with Crippen molar-refractivity contribution in [1.29, 1.82) is 0 Å². The number of allylic oxidation sites excluding steroid dienone is 6. The second-order valence-corrected chi connectivity index (χ2v) is 10.9. The van der Waals surface area contributed by atoms with Gasteiger partial charge in [0.2, 0.25) is 0 Å². The van der Waals surface area contributed by atoms with E-state index in [1.54, 1.807) is 0 Å². The molecule has 0 spiro atoms. The van der Waals surface area contributed by atoms with Crippen molar-refractivity contribution in [2.45, 2.75) is 0 Å². The number of para-hydroxylation sites is 2. The van der Waals surface area contributed by atoms with Crippen LogP contribution in [-0.4, -0.2) is 0 Å². The van der Waals surface area contributed by atoms with Gasteiger partial charge in [0.1, 0.15) is 11.5 Å². The Morgan fingerprint density at radius 3 is 1.93 bits per heavy atom. The zero-order valence-corrected chi connectivity index (χ0v) is 24.9. The van der Waals surface area contributed by atoms with Crippen LogP contribution in [0.25, 0.3) is 16.7 Å². The summed E-state index contributed by atoms with van der Waals surface area (Å²) in [5, 5.41) is 0. The SMILES string of the molecule is C=C1C(=C)C2=CC=CN(c3cccc(N(c4ccccc4)c4ccc(-c5ccccc5)cc4)c3)C=CC=C1Oc1ccccc12. The molecule has 2 bridgehead atoms. The van der Waals surface area contributed by atoms with Gasteiger partial charge in [-0.25, -0.2) is 0 Å². The normalized spacial score (nSPS) is 14.1. The zero-order chi connectivity index (χ0) is 30.6. The lowest BCUT2D eigenvalue weighted by molar-refractivity contribution is 0.440. The van der Waals surface area contributed by atoms with E-state index in [2.05, 4.69) is 144 Å². The minimum atomic E-state index is 0.678. The Balaban J connectivity index is 1.28. The van der Waals surface area contributed by atoms with E-state index in [1.807, 2.05) is 48.7 Å². The van der Waals surface area contributed by atoms with Gasteiger partial charge in [-0.2, -0.15) is 0 Å². The summed E-state index contributed by atoms with van der Waals surface area (Å²) in [5.41, 5.74) is 10.2. The maximum Gasteiger partial charge on any atom is 0.135 e. The summed E-state index contributed by atoms with van der Waals surface area (Å²) in [6, 6.07) is 46.3. The fourth-order valence-electron chi connectivity index (χ4n) is 5.68. The molecule has 0 fully saturated rings. The van der Waals surface area contributed by atoms with Crippen LogP contribution in [0.2, 0.25) is 0 Å². The first kappa shape index (κ1) is 27.8. The van der Waals surface area contributed by atoms with E-state index < -0.39 is 0 Å². The Labute approximate surface area is 265 Å². The molecule has 0 amide bonds. The molecule has 0 atom stereocenters. The Bertz CT molecular complexity index is 2000. The molecule has 216 valence electrons. The van der Waals surface area contributed by atoms with Crippen molar-refractivity contribution < 1.29 is 4.74 Å². The third-order valence-corrected chi connectivity index (χ3v) is 8.02. The smallest absolute Gasteiger partial charge is 0.135 e. The van der Waals surface area contributed by atoms with Crippen LogP contribution >= 0.6 is 0 Å². The molecule has 7 rings (SSSR count). The summed E-state index contributed by atoms with van der Waals surface area (Å²) in [6.07, 6.45) is 12.2. The van der Waals surface area contributed by atoms with E-state index in [0.29, 0.717) is 5.76 Å². The van der Waals surface area contributed by atoms with Gasteiger partial charge in [0, 0.05) is 46.3 Å². The summed E-state index contributed by atoms with van der Waals surface area (Å²) in [7, 11) is 0. The van der Waals surface area contributed by atoms with Crippen LogP contribution in [0.15, 0.2) is 200 Å². The van der Waals surface area contributed by atoms with E-state index >= 15 is 0 Å². The predicted molar refractivity (Wildman–Crippen MR) is 189 cm³/mol. The van der Waals surface area contributed by atoms with Gasteiger partial charge in [0.15, 0.2) is 0 Å². The fraction of sp³-hybridized carbons (Fsp3) is 0. The molecule has 0 saturated heterocycles. The van der Waals surface area contributed by atoms with Crippen molar-refractivity contribution in [2.24, 2.45) is 0 Å². The summed E-state index contributed by atoms with van der Waals surface area (Å²) in [4.78, 5) is 4.39. The second kappa shape index (κ2) is 12.3. The van der Waals surface area contributed by atoms with Crippen molar-refractivity contribution in [2.75, 3.05) is 9.80 Å². The fourth-order valence-corrected chi connectivity index (χ4v) is 5.68. The lowest BCUT2D eigenvalue weighted by atomic mass is 9.93. The lowest BCUT2D eigenvalue weighted by Crippen LogP contribution is -2.12. The Kier molecular flexibility index (Phi) is 7.57. The van der Waals surface area contributed by atoms with Crippen LogP contribution in [0.1, 0.15) is 5.56 Å². The van der Waals surface area contributed by atoms with Crippen LogP contribution < -0.4 is 14.5 Å². The molecule has 0 saturated carbocycles. The molecule has 45 heavy (non-hydrogen) atoms. The number of rotatable bonds is 5. The maximum absolute atomic E-state index is 6.33. The quantitative estimate of drug-likeness (QED) is 0.206. The van der Waals surface area contributed by atoms with E-state index in [1.165, 1.54) is 11.1 Å². The van der Waals surface area contributed by atoms with Gasteiger partial charge in [-0.3, -0.25) is 0 Å². The van der Waals surface area contributed by atoms with Gasteiger partial charge in [0.05, 0.1) is 0 Å². The number of benzene rings is 5. The van der Waals surface area contributed by atoms with E-state index in [-0.39, 0.29) is 0 Å². The predicted octanol–water partition coefficient (Wildman–Crippen LogP) is 11.1. The first-order valence-corrected chi connectivity index (χ1v) is 15.0. The number of fused-ring (bicyclic) bond motifs is 5. The molecule has 0 unspecified atom stereocenters. The monoisotopic (exact) mass is 580 g/mol. The Morgan fingerprint density at radius 2 is 1.16 bits per heavy atom. The molecule has 2 heterocycles. The number of ether oxygens (including phenoxy) is 1. The molecular formula is C42H32N2O. The maximum atomic E-state index is 6.33. The van der Waals surface area contributed by atoms with E-state index in [4.69, 9.17) is 4.74 Å². The molecule has 0 N–H and O–H groups in total. The van der Waals surface area contributed by atoms with E-state index in [0.717, 1.165) is 50.8 Å². The molecule has 0 aromatic heterocycles. The number of hydrogen-bond donors (Lipinski definition) is 0. The van der Waals surface area contributed by atoms with Gasteiger partial charge in [-0.1, -0.05) is 104 Å². The van der Waals surface area contributed by atoms with Crippen LogP contribution in [0.4, 0.5) is 22.7 Å². The van der Waals surface area contributed by atoms with Crippen molar-refractivity contribution in [1.82, 2.24) is 0 Å². The minimum absolute atomic E-state index is 0.678. The summed E-state index contributed by atoms with van der Waals surface area (Å²) >= 11 is 0. The van der Waals surface area contributed by atoms with Crippen LogP contribution in [0.3, 0.4) is 0 Å². The number of anilines is 4. The minimum Gasteiger partial charge on any atom is -0.456 e.